The molecule has 1 rings (SSSR count). The summed E-state index contributed by atoms with van der Waals surface area (Å²) in [4.78, 5) is 12.7. The van der Waals surface area contributed by atoms with Crippen molar-refractivity contribution in [1.29, 1.82) is 0 Å². The molecule has 0 aromatic carbocycles. The molecule has 0 bridgehead atoms. The van der Waals surface area contributed by atoms with Crippen LogP contribution in [0.5, 0.6) is 0 Å². The molecule has 0 aliphatic carbocycles. The average Bonchev–Trinajstić information content (AvgIpc) is 2.62. The molecule has 1 aromatic rings. The van der Waals surface area contributed by atoms with Crippen molar-refractivity contribution in [3.8, 4) is 0 Å². The second-order valence-electron chi connectivity index (χ2n) is 5.42. The summed E-state index contributed by atoms with van der Waals surface area (Å²) in [6, 6.07) is 3.31. The van der Waals surface area contributed by atoms with Gasteiger partial charge in [0.15, 0.2) is 0 Å². The Labute approximate surface area is 118 Å². The molecule has 0 aliphatic heterocycles. The first kappa shape index (κ1) is 16.1. The highest BCUT2D eigenvalue weighted by atomic mass is 32.2. The van der Waals surface area contributed by atoms with E-state index in [-0.39, 0.29) is 22.2 Å². The van der Waals surface area contributed by atoms with Crippen LogP contribution in [-0.4, -0.2) is 37.8 Å². The molecule has 0 fully saturated rings. The quantitative estimate of drug-likeness (QED) is 0.918. The smallest absolute Gasteiger partial charge is 0.252 e. The monoisotopic (exact) mass is 304 g/mol. The third-order valence-corrected chi connectivity index (χ3v) is 5.53. The first-order chi connectivity index (χ1) is 8.52. The van der Waals surface area contributed by atoms with Gasteiger partial charge in [0, 0.05) is 17.5 Å². The fraction of sp³-hybridized carbons (Fsp3) is 0.583. The molecular weight excluding hydrogens is 284 g/mol. The normalized spacial score (nSPS) is 12.7. The van der Waals surface area contributed by atoms with Gasteiger partial charge in [-0.05, 0) is 39.8 Å². The lowest BCUT2D eigenvalue weighted by Crippen LogP contribution is -2.46. The lowest BCUT2D eigenvalue weighted by atomic mass is 10.1. The molecule has 0 saturated heterocycles. The Morgan fingerprint density at radius 2 is 1.95 bits per heavy atom. The van der Waals surface area contributed by atoms with Gasteiger partial charge >= 0.3 is 0 Å². The highest BCUT2D eigenvalue weighted by Gasteiger charge is 2.25. The van der Waals surface area contributed by atoms with E-state index >= 15 is 0 Å². The molecule has 1 amide bonds. The lowest BCUT2D eigenvalue weighted by Gasteiger charge is -2.22. The van der Waals surface area contributed by atoms with Gasteiger partial charge in [-0.1, -0.05) is 0 Å². The number of rotatable bonds is 4. The summed E-state index contributed by atoms with van der Waals surface area (Å²) in [6.07, 6.45) is 0. The maximum atomic E-state index is 12.2. The van der Waals surface area contributed by atoms with E-state index in [1.54, 1.807) is 12.1 Å². The van der Waals surface area contributed by atoms with Crippen LogP contribution < -0.4 is 5.32 Å². The third kappa shape index (κ3) is 4.59. The highest BCUT2D eigenvalue weighted by Crippen LogP contribution is 2.23. The van der Waals surface area contributed by atoms with E-state index in [4.69, 9.17) is 0 Å². The summed E-state index contributed by atoms with van der Waals surface area (Å²) >= 11 is 1.20. The highest BCUT2D eigenvalue weighted by molar-refractivity contribution is 7.91. The number of sulfonamides is 1. The third-order valence-electron chi connectivity index (χ3n) is 2.26. The van der Waals surface area contributed by atoms with Crippen molar-refractivity contribution in [2.24, 2.45) is 0 Å². The molecule has 7 heteroatoms. The van der Waals surface area contributed by atoms with Crippen molar-refractivity contribution in [2.45, 2.75) is 37.4 Å². The first-order valence-corrected chi connectivity index (χ1v) is 8.12. The van der Waals surface area contributed by atoms with Crippen molar-refractivity contribution in [3.63, 3.8) is 0 Å². The number of likely N-dealkylation sites (N-methyl/N-ethyl adjacent to an activating group) is 1. The van der Waals surface area contributed by atoms with Gasteiger partial charge in [0.05, 0.1) is 6.54 Å². The molecule has 0 spiro atoms. The Morgan fingerprint density at radius 1 is 1.37 bits per heavy atom. The van der Waals surface area contributed by atoms with Gasteiger partial charge in [-0.2, -0.15) is 4.31 Å². The van der Waals surface area contributed by atoms with Crippen LogP contribution in [0.2, 0.25) is 0 Å². The van der Waals surface area contributed by atoms with Gasteiger partial charge in [0.1, 0.15) is 4.21 Å². The van der Waals surface area contributed by atoms with Gasteiger partial charge in [-0.15, -0.1) is 11.3 Å². The summed E-state index contributed by atoms with van der Waals surface area (Å²) in [6.45, 7) is 7.21. The number of nitrogens with one attached hydrogen (secondary N) is 1. The molecule has 0 saturated carbocycles. The van der Waals surface area contributed by atoms with E-state index in [1.807, 2.05) is 27.7 Å². The van der Waals surface area contributed by atoms with E-state index in [9.17, 15) is 13.2 Å². The SMILES string of the molecule is Cc1ccc(S(=O)(=O)N(C)CC(=O)NC(C)(C)C)s1. The maximum Gasteiger partial charge on any atom is 0.252 e. The molecule has 0 radical (unpaired) electrons. The maximum absolute atomic E-state index is 12.2. The Bertz CT molecular complexity index is 556. The number of carbonyl (C=O) groups excluding carboxylic acids is 1. The van der Waals surface area contributed by atoms with Crippen LogP contribution >= 0.6 is 11.3 Å². The van der Waals surface area contributed by atoms with E-state index in [0.717, 1.165) is 9.18 Å². The van der Waals surface area contributed by atoms with E-state index in [1.165, 1.54) is 18.4 Å². The molecule has 1 aromatic heterocycles. The molecular formula is C12H20N2O3S2. The minimum atomic E-state index is -3.58. The Hall–Kier alpha value is -0.920. The Morgan fingerprint density at radius 3 is 2.37 bits per heavy atom. The van der Waals surface area contributed by atoms with Crippen molar-refractivity contribution >= 4 is 27.3 Å². The largest absolute Gasteiger partial charge is 0.350 e. The molecule has 108 valence electrons. The number of nitrogens with zero attached hydrogens (tertiary/aromatic N) is 1. The molecule has 1 heterocycles. The minimum absolute atomic E-state index is 0.184. The summed E-state index contributed by atoms with van der Waals surface area (Å²) in [7, 11) is -2.17. The number of aryl methyl sites for hydroxylation is 1. The second kappa shape index (κ2) is 5.60. The number of hydrogen-bond acceptors (Lipinski definition) is 4. The van der Waals surface area contributed by atoms with Crippen molar-refractivity contribution < 1.29 is 13.2 Å². The van der Waals surface area contributed by atoms with Crippen LogP contribution in [-0.2, 0) is 14.8 Å². The van der Waals surface area contributed by atoms with Gasteiger partial charge in [0.25, 0.3) is 10.0 Å². The second-order valence-corrected chi connectivity index (χ2v) is 8.98. The van der Waals surface area contributed by atoms with Crippen molar-refractivity contribution in [2.75, 3.05) is 13.6 Å². The zero-order chi connectivity index (χ0) is 14.8. The van der Waals surface area contributed by atoms with E-state index < -0.39 is 10.0 Å². The molecule has 0 aliphatic rings. The van der Waals surface area contributed by atoms with Gasteiger partial charge in [0.2, 0.25) is 5.91 Å². The zero-order valence-electron chi connectivity index (χ0n) is 11.9. The van der Waals surface area contributed by atoms with Crippen molar-refractivity contribution in [3.05, 3.63) is 17.0 Å². The summed E-state index contributed by atoms with van der Waals surface area (Å²) < 4.78 is 25.7. The average molecular weight is 304 g/mol. The fourth-order valence-corrected chi connectivity index (χ4v) is 4.07. The number of hydrogen-bond donors (Lipinski definition) is 1. The number of thiophene rings is 1. The molecule has 19 heavy (non-hydrogen) atoms. The van der Waals surface area contributed by atoms with E-state index in [0.29, 0.717) is 0 Å². The summed E-state index contributed by atoms with van der Waals surface area (Å²) in [5, 5.41) is 2.74. The number of amides is 1. The van der Waals surface area contributed by atoms with Gasteiger partial charge in [-0.3, -0.25) is 4.79 Å². The van der Waals surface area contributed by atoms with Gasteiger partial charge in [-0.25, -0.2) is 8.42 Å². The minimum Gasteiger partial charge on any atom is -0.350 e. The van der Waals surface area contributed by atoms with Crippen LogP contribution in [0.25, 0.3) is 0 Å². The molecule has 0 unspecified atom stereocenters. The zero-order valence-corrected chi connectivity index (χ0v) is 13.5. The lowest BCUT2D eigenvalue weighted by molar-refractivity contribution is -0.122. The van der Waals surface area contributed by atoms with Gasteiger partial charge < -0.3 is 5.32 Å². The van der Waals surface area contributed by atoms with Crippen molar-refractivity contribution in [1.82, 2.24) is 9.62 Å². The van der Waals surface area contributed by atoms with E-state index in [2.05, 4.69) is 5.32 Å². The fourth-order valence-electron chi connectivity index (χ4n) is 1.45. The predicted octanol–water partition coefficient (Wildman–Crippen LogP) is 1.59. The first-order valence-electron chi connectivity index (χ1n) is 5.86. The standard InChI is InChI=1S/C12H20N2O3S2/c1-9-6-7-11(18-9)19(16,17)14(5)8-10(15)13-12(2,3)4/h6-7H,8H2,1-5H3,(H,13,15). The Balaban J connectivity index is 2.78. The Kier molecular flexibility index (Phi) is 4.76. The van der Waals surface area contributed by atoms with Crippen LogP contribution in [0.4, 0.5) is 0 Å². The van der Waals surface area contributed by atoms with Crippen LogP contribution in [0, 0.1) is 6.92 Å². The predicted molar refractivity (Wildman–Crippen MR) is 76.8 cm³/mol. The van der Waals surface area contributed by atoms with Crippen LogP contribution in [0.3, 0.4) is 0 Å². The van der Waals surface area contributed by atoms with Crippen LogP contribution in [0.15, 0.2) is 16.3 Å². The molecule has 0 atom stereocenters. The summed E-state index contributed by atoms with van der Waals surface area (Å²) in [5.74, 6) is -0.313. The topological polar surface area (TPSA) is 66.5 Å². The van der Waals surface area contributed by atoms with Crippen LogP contribution in [0.1, 0.15) is 25.6 Å². The number of carbonyl (C=O) groups is 1. The molecule has 5 nitrogen and oxygen atoms in total. The summed E-state index contributed by atoms with van der Waals surface area (Å²) in [5.41, 5.74) is -0.374. The molecule has 1 N–H and O–H groups in total.